The topological polar surface area (TPSA) is 38.7 Å². The first-order valence-corrected chi connectivity index (χ1v) is 5.94. The minimum Gasteiger partial charge on any atom is -0.490 e. The van der Waals surface area contributed by atoms with Gasteiger partial charge >= 0.3 is 0 Å². The van der Waals surface area contributed by atoms with Crippen LogP contribution in [0.15, 0.2) is 16.6 Å². The van der Waals surface area contributed by atoms with Crippen molar-refractivity contribution in [2.24, 2.45) is 0 Å². The van der Waals surface area contributed by atoms with Gasteiger partial charge in [0.15, 0.2) is 11.5 Å². The maximum Gasteiger partial charge on any atom is 0.268 e. The second-order valence-corrected chi connectivity index (χ2v) is 4.50. The molecule has 3 nitrogen and oxygen atoms in total. The van der Waals surface area contributed by atoms with Crippen LogP contribution in [0.1, 0.15) is 18.1 Å². The molecule has 6 heteroatoms. The van der Waals surface area contributed by atoms with Gasteiger partial charge in [0.25, 0.3) is 6.43 Å². The molecule has 1 N–H and O–H groups in total. The average molecular weight is 309 g/mol. The average Bonchev–Trinajstić information content (AvgIpc) is 2.51. The Labute approximate surface area is 105 Å². The second kappa shape index (κ2) is 5.18. The van der Waals surface area contributed by atoms with E-state index in [-0.39, 0.29) is 5.56 Å². The molecule has 94 valence electrons. The maximum atomic E-state index is 12.5. The molecule has 0 saturated heterocycles. The molecule has 0 amide bonds. The van der Waals surface area contributed by atoms with Crippen molar-refractivity contribution in [3.8, 4) is 11.5 Å². The summed E-state index contributed by atoms with van der Waals surface area (Å²) in [5, 5.41) is 9.37. The number of halogens is 3. The number of alkyl halides is 2. The van der Waals surface area contributed by atoms with Gasteiger partial charge in [-0.3, -0.25) is 0 Å². The minimum atomic E-state index is -2.84. The van der Waals surface area contributed by atoms with E-state index in [4.69, 9.17) is 9.47 Å². The van der Waals surface area contributed by atoms with Gasteiger partial charge in [-0.1, -0.05) is 15.9 Å². The van der Waals surface area contributed by atoms with Gasteiger partial charge < -0.3 is 14.6 Å². The Kier molecular flexibility index (Phi) is 3.83. The molecule has 1 unspecified atom stereocenters. The van der Waals surface area contributed by atoms with E-state index in [0.29, 0.717) is 29.2 Å². The van der Waals surface area contributed by atoms with Crippen LogP contribution in [0.5, 0.6) is 11.5 Å². The Hall–Kier alpha value is -0.880. The zero-order valence-electron chi connectivity index (χ0n) is 8.83. The summed E-state index contributed by atoms with van der Waals surface area (Å²) >= 11 is 3.14. The summed E-state index contributed by atoms with van der Waals surface area (Å²) in [7, 11) is 0. The van der Waals surface area contributed by atoms with Gasteiger partial charge in [0, 0.05) is 16.5 Å². The third-order valence-electron chi connectivity index (χ3n) is 2.42. The zero-order valence-corrected chi connectivity index (χ0v) is 10.4. The number of rotatable bonds is 2. The summed E-state index contributed by atoms with van der Waals surface area (Å²) in [6, 6.07) is 2.93. The van der Waals surface area contributed by atoms with Crippen molar-refractivity contribution >= 4 is 15.9 Å². The molecule has 17 heavy (non-hydrogen) atoms. The van der Waals surface area contributed by atoms with Gasteiger partial charge in [-0.05, 0) is 12.1 Å². The van der Waals surface area contributed by atoms with Crippen LogP contribution in [0, 0.1) is 0 Å². The van der Waals surface area contributed by atoms with Crippen molar-refractivity contribution in [3.63, 3.8) is 0 Å². The fourth-order valence-corrected chi connectivity index (χ4v) is 2.12. The van der Waals surface area contributed by atoms with E-state index in [1.54, 1.807) is 6.07 Å². The summed E-state index contributed by atoms with van der Waals surface area (Å²) in [6.45, 7) is 0.995. The summed E-state index contributed by atoms with van der Waals surface area (Å²) in [5.74, 6) is 0.889. The highest BCUT2D eigenvalue weighted by molar-refractivity contribution is 9.10. The third-order valence-corrected chi connectivity index (χ3v) is 3.11. The standard InChI is InChI=1S/C11H11BrF2O3/c12-7-5-9-8(16-2-1-3-17-9)4-6(7)10(15)11(13)14/h4-5,10-11,15H,1-3H2. The number of benzene rings is 1. The van der Waals surface area contributed by atoms with Crippen LogP contribution < -0.4 is 9.47 Å². The van der Waals surface area contributed by atoms with Crippen LogP contribution in [0.2, 0.25) is 0 Å². The monoisotopic (exact) mass is 308 g/mol. The molecule has 0 spiro atoms. The molecule has 1 heterocycles. The molecular formula is C11H11BrF2O3. The predicted molar refractivity (Wildman–Crippen MR) is 60.7 cm³/mol. The Balaban J connectivity index is 2.38. The number of fused-ring (bicyclic) bond motifs is 1. The molecule has 0 aliphatic carbocycles. The molecule has 0 aromatic heterocycles. The first-order valence-electron chi connectivity index (χ1n) is 5.15. The molecule has 1 aliphatic heterocycles. The van der Waals surface area contributed by atoms with Crippen LogP contribution in [-0.4, -0.2) is 24.7 Å². The van der Waals surface area contributed by atoms with Crippen LogP contribution in [-0.2, 0) is 0 Å². The number of aliphatic hydroxyl groups is 1. The molecule has 1 aromatic carbocycles. The van der Waals surface area contributed by atoms with Crippen LogP contribution in [0.25, 0.3) is 0 Å². The van der Waals surface area contributed by atoms with Crippen molar-refractivity contribution in [1.29, 1.82) is 0 Å². The third kappa shape index (κ3) is 2.69. The van der Waals surface area contributed by atoms with Crippen LogP contribution in [0.3, 0.4) is 0 Å². The highest BCUT2D eigenvalue weighted by Gasteiger charge is 2.24. The minimum absolute atomic E-state index is 0.101. The number of ether oxygens (including phenoxy) is 2. The first kappa shape index (κ1) is 12.6. The Morgan fingerprint density at radius 3 is 2.35 bits per heavy atom. The van der Waals surface area contributed by atoms with Gasteiger partial charge in [0.2, 0.25) is 0 Å². The zero-order chi connectivity index (χ0) is 12.4. The van der Waals surface area contributed by atoms with E-state index in [2.05, 4.69) is 15.9 Å². The van der Waals surface area contributed by atoms with E-state index >= 15 is 0 Å². The van der Waals surface area contributed by atoms with Gasteiger partial charge in [0.1, 0.15) is 6.10 Å². The largest absolute Gasteiger partial charge is 0.490 e. The fraction of sp³-hybridized carbons (Fsp3) is 0.455. The Morgan fingerprint density at radius 1 is 1.18 bits per heavy atom. The van der Waals surface area contributed by atoms with Gasteiger partial charge in [-0.25, -0.2) is 8.78 Å². The molecule has 0 saturated carbocycles. The Morgan fingerprint density at radius 2 is 1.76 bits per heavy atom. The van der Waals surface area contributed by atoms with Crippen molar-refractivity contribution in [2.45, 2.75) is 19.0 Å². The normalized spacial score (nSPS) is 16.8. The van der Waals surface area contributed by atoms with Crippen LogP contribution in [0.4, 0.5) is 8.78 Å². The lowest BCUT2D eigenvalue weighted by molar-refractivity contribution is -0.00630. The van der Waals surface area contributed by atoms with Crippen molar-refractivity contribution in [1.82, 2.24) is 0 Å². The number of hydrogen-bond donors (Lipinski definition) is 1. The maximum absolute atomic E-state index is 12.5. The van der Waals surface area contributed by atoms with Crippen molar-refractivity contribution in [2.75, 3.05) is 13.2 Å². The molecule has 1 aliphatic rings. The molecule has 0 fully saturated rings. The first-order chi connectivity index (χ1) is 8.09. The molecule has 0 radical (unpaired) electrons. The second-order valence-electron chi connectivity index (χ2n) is 3.65. The number of aliphatic hydroxyl groups excluding tert-OH is 1. The lowest BCUT2D eigenvalue weighted by Crippen LogP contribution is -2.09. The lowest BCUT2D eigenvalue weighted by Gasteiger charge is -2.15. The van der Waals surface area contributed by atoms with E-state index < -0.39 is 12.5 Å². The van der Waals surface area contributed by atoms with Gasteiger partial charge in [0.05, 0.1) is 13.2 Å². The molecule has 2 rings (SSSR count). The van der Waals surface area contributed by atoms with E-state index in [1.807, 2.05) is 0 Å². The van der Waals surface area contributed by atoms with E-state index in [0.717, 1.165) is 6.42 Å². The SMILES string of the molecule is OC(c1cc2c(cc1Br)OCCCO2)C(F)F. The fourth-order valence-electron chi connectivity index (χ4n) is 1.56. The lowest BCUT2D eigenvalue weighted by atomic mass is 10.1. The summed E-state index contributed by atoms with van der Waals surface area (Å²) in [6.07, 6.45) is -3.93. The van der Waals surface area contributed by atoms with Crippen molar-refractivity contribution in [3.05, 3.63) is 22.2 Å². The highest BCUT2D eigenvalue weighted by Crippen LogP contribution is 2.38. The van der Waals surface area contributed by atoms with Gasteiger partial charge in [-0.15, -0.1) is 0 Å². The summed E-state index contributed by atoms with van der Waals surface area (Å²) in [5.41, 5.74) is 0.101. The highest BCUT2D eigenvalue weighted by atomic mass is 79.9. The van der Waals surface area contributed by atoms with Gasteiger partial charge in [-0.2, -0.15) is 0 Å². The van der Waals surface area contributed by atoms with E-state index in [9.17, 15) is 13.9 Å². The van der Waals surface area contributed by atoms with Crippen LogP contribution >= 0.6 is 15.9 Å². The smallest absolute Gasteiger partial charge is 0.268 e. The van der Waals surface area contributed by atoms with Crippen molar-refractivity contribution < 1.29 is 23.4 Å². The molecular weight excluding hydrogens is 298 g/mol. The number of hydrogen-bond acceptors (Lipinski definition) is 3. The molecule has 1 aromatic rings. The molecule has 0 bridgehead atoms. The van der Waals surface area contributed by atoms with E-state index in [1.165, 1.54) is 6.07 Å². The molecule has 1 atom stereocenters. The summed E-state index contributed by atoms with van der Waals surface area (Å²) in [4.78, 5) is 0. The quantitative estimate of drug-likeness (QED) is 0.913. The Bertz CT molecular complexity index is 412. The predicted octanol–water partition coefficient (Wildman–Crippen LogP) is 2.91. The summed E-state index contributed by atoms with van der Waals surface area (Å²) < 4.78 is 36.1.